The molecule has 2 heteroatoms. The van der Waals surface area contributed by atoms with E-state index in [1.165, 1.54) is 109 Å². The molecule has 1 aromatic rings. The lowest BCUT2D eigenvalue weighted by molar-refractivity contribution is 0.103. The van der Waals surface area contributed by atoms with Gasteiger partial charge in [0.1, 0.15) is 0 Å². The fourth-order valence-electron chi connectivity index (χ4n) is 5.93. The molecule has 0 bridgehead atoms. The fourth-order valence-corrected chi connectivity index (χ4v) is 5.93. The third-order valence-electron chi connectivity index (χ3n) is 7.48. The number of likely N-dealkylation sites (tertiary alicyclic amines) is 1. The summed E-state index contributed by atoms with van der Waals surface area (Å²) >= 11 is 0. The van der Waals surface area contributed by atoms with E-state index in [4.69, 9.17) is 0 Å². The summed E-state index contributed by atoms with van der Waals surface area (Å²) in [6.07, 6.45) is 18.7. The number of benzene rings is 1. The Hall–Kier alpha value is -1.02. The van der Waals surface area contributed by atoms with E-state index in [0.29, 0.717) is 5.54 Å². The lowest BCUT2D eigenvalue weighted by atomic mass is 9.83. The third-order valence-corrected chi connectivity index (χ3v) is 7.48. The van der Waals surface area contributed by atoms with Crippen molar-refractivity contribution in [1.29, 1.82) is 0 Å². The van der Waals surface area contributed by atoms with Crippen LogP contribution >= 0.6 is 0 Å². The highest BCUT2D eigenvalue weighted by Crippen LogP contribution is 2.42. The number of rotatable bonds is 2. The van der Waals surface area contributed by atoms with E-state index < -0.39 is 0 Å². The molecule has 2 saturated heterocycles. The van der Waals surface area contributed by atoms with E-state index in [1.807, 2.05) is 0 Å². The van der Waals surface area contributed by atoms with Crippen molar-refractivity contribution in [2.24, 2.45) is 0 Å². The van der Waals surface area contributed by atoms with Gasteiger partial charge in [-0.3, -0.25) is 0 Å². The molecule has 1 aliphatic carbocycles. The lowest BCUT2D eigenvalue weighted by Gasteiger charge is -2.48. The van der Waals surface area contributed by atoms with Gasteiger partial charge in [0.15, 0.2) is 0 Å². The summed E-state index contributed by atoms with van der Waals surface area (Å²) in [4.78, 5) is 5.64. The fraction of sp³-hybridized carbons (Fsp3) is 0.750. The Morgan fingerprint density at radius 2 is 1.27 bits per heavy atom. The maximum Gasteiger partial charge on any atom is 0.0427 e. The van der Waals surface area contributed by atoms with Crippen LogP contribution in [0.5, 0.6) is 0 Å². The molecule has 0 unspecified atom stereocenters. The van der Waals surface area contributed by atoms with Crippen LogP contribution in [0.1, 0.15) is 83.5 Å². The molecule has 26 heavy (non-hydrogen) atoms. The normalized spacial score (nSPS) is 26.2. The first-order valence-corrected chi connectivity index (χ1v) is 11.4. The van der Waals surface area contributed by atoms with Crippen LogP contribution in [0.15, 0.2) is 30.3 Å². The number of hydrogen-bond donors (Lipinski definition) is 0. The van der Waals surface area contributed by atoms with E-state index >= 15 is 0 Å². The highest BCUT2D eigenvalue weighted by molar-refractivity contribution is 5.50. The predicted octanol–water partition coefficient (Wildman–Crippen LogP) is 6.01. The Morgan fingerprint density at radius 1 is 0.654 bits per heavy atom. The van der Waals surface area contributed by atoms with Crippen LogP contribution in [0.4, 0.5) is 5.69 Å². The molecule has 0 N–H and O–H groups in total. The standard InChI is InChI=1S/C24H38N2/c1-2-4-7-12-22(13-8-5-3-1)25-20-17-24(18-21-25)16-11-19-26(24)23-14-9-6-10-15-23/h6,9-10,14-15,22H,1-5,7-8,11-13,16-21H2. The summed E-state index contributed by atoms with van der Waals surface area (Å²) in [5.41, 5.74) is 1.91. The topological polar surface area (TPSA) is 6.48 Å². The summed E-state index contributed by atoms with van der Waals surface area (Å²) < 4.78 is 0. The van der Waals surface area contributed by atoms with Crippen molar-refractivity contribution in [2.75, 3.05) is 24.5 Å². The van der Waals surface area contributed by atoms with Gasteiger partial charge in [-0.1, -0.05) is 63.1 Å². The number of anilines is 1. The molecule has 3 fully saturated rings. The van der Waals surface area contributed by atoms with Crippen molar-refractivity contribution >= 4 is 5.69 Å². The van der Waals surface area contributed by atoms with Gasteiger partial charge in [-0.25, -0.2) is 0 Å². The largest absolute Gasteiger partial charge is 0.366 e. The Morgan fingerprint density at radius 3 is 1.92 bits per heavy atom. The Bertz CT molecular complexity index is 522. The van der Waals surface area contributed by atoms with Crippen molar-refractivity contribution in [2.45, 2.75) is 95.1 Å². The summed E-state index contributed by atoms with van der Waals surface area (Å²) in [5, 5.41) is 0. The summed E-state index contributed by atoms with van der Waals surface area (Å²) in [5.74, 6) is 0. The molecule has 3 aliphatic rings. The van der Waals surface area contributed by atoms with Crippen LogP contribution < -0.4 is 4.90 Å². The van der Waals surface area contributed by atoms with E-state index in [1.54, 1.807) is 0 Å². The Kier molecular flexibility index (Phi) is 6.20. The van der Waals surface area contributed by atoms with E-state index in [9.17, 15) is 0 Å². The minimum atomic E-state index is 0.452. The minimum absolute atomic E-state index is 0.452. The van der Waals surface area contributed by atoms with Gasteiger partial charge in [-0.15, -0.1) is 0 Å². The summed E-state index contributed by atoms with van der Waals surface area (Å²) in [6.45, 7) is 3.91. The number of para-hydroxylation sites is 1. The second-order valence-electron chi connectivity index (χ2n) is 9.06. The van der Waals surface area contributed by atoms with Crippen molar-refractivity contribution in [1.82, 2.24) is 4.90 Å². The van der Waals surface area contributed by atoms with Crippen LogP contribution in [0, 0.1) is 0 Å². The van der Waals surface area contributed by atoms with Gasteiger partial charge in [-0.05, 0) is 50.7 Å². The lowest BCUT2D eigenvalue weighted by Crippen LogP contribution is -2.54. The average molecular weight is 355 g/mol. The van der Waals surface area contributed by atoms with Crippen molar-refractivity contribution in [3.05, 3.63) is 30.3 Å². The molecule has 0 amide bonds. The quantitative estimate of drug-likeness (QED) is 0.641. The zero-order chi connectivity index (χ0) is 17.7. The highest BCUT2D eigenvalue weighted by atomic mass is 15.3. The monoisotopic (exact) mass is 354 g/mol. The molecular formula is C24H38N2. The molecule has 0 atom stereocenters. The summed E-state index contributed by atoms with van der Waals surface area (Å²) in [6, 6.07) is 12.1. The van der Waals surface area contributed by atoms with Crippen LogP contribution in [-0.4, -0.2) is 36.1 Å². The average Bonchev–Trinajstić information content (AvgIpc) is 3.10. The first-order valence-electron chi connectivity index (χ1n) is 11.4. The second kappa shape index (κ2) is 8.78. The van der Waals surface area contributed by atoms with Crippen molar-refractivity contribution < 1.29 is 0 Å². The Labute approximate surface area is 161 Å². The summed E-state index contributed by atoms with van der Waals surface area (Å²) in [7, 11) is 0. The minimum Gasteiger partial charge on any atom is -0.366 e. The van der Waals surface area contributed by atoms with Crippen molar-refractivity contribution in [3.63, 3.8) is 0 Å². The van der Waals surface area contributed by atoms with Gasteiger partial charge in [0.25, 0.3) is 0 Å². The molecular weight excluding hydrogens is 316 g/mol. The third kappa shape index (κ3) is 4.11. The zero-order valence-electron chi connectivity index (χ0n) is 16.7. The molecule has 4 rings (SSSR count). The van der Waals surface area contributed by atoms with Crippen LogP contribution in [0.25, 0.3) is 0 Å². The first kappa shape index (κ1) is 18.3. The number of nitrogens with zero attached hydrogens (tertiary/aromatic N) is 2. The molecule has 0 radical (unpaired) electrons. The van der Waals surface area contributed by atoms with Crippen LogP contribution in [0.2, 0.25) is 0 Å². The van der Waals surface area contributed by atoms with E-state index in [0.717, 1.165) is 6.04 Å². The van der Waals surface area contributed by atoms with Gasteiger partial charge in [0.2, 0.25) is 0 Å². The molecule has 1 aromatic carbocycles. The predicted molar refractivity (Wildman–Crippen MR) is 112 cm³/mol. The second-order valence-corrected chi connectivity index (χ2v) is 9.06. The highest BCUT2D eigenvalue weighted by Gasteiger charge is 2.43. The first-order chi connectivity index (χ1) is 12.9. The number of hydrogen-bond acceptors (Lipinski definition) is 2. The molecule has 2 nitrogen and oxygen atoms in total. The van der Waals surface area contributed by atoms with Crippen LogP contribution in [-0.2, 0) is 0 Å². The molecule has 1 saturated carbocycles. The SMILES string of the molecule is c1ccc(N2CCCC23CCN(C2CCCCCCCCC2)CC3)cc1. The molecule has 2 aliphatic heterocycles. The van der Waals surface area contributed by atoms with Gasteiger partial charge in [-0.2, -0.15) is 0 Å². The van der Waals surface area contributed by atoms with Gasteiger partial charge in [0.05, 0.1) is 0 Å². The van der Waals surface area contributed by atoms with Crippen molar-refractivity contribution in [3.8, 4) is 0 Å². The Balaban J connectivity index is 1.38. The maximum atomic E-state index is 2.88. The molecule has 1 spiro atoms. The smallest absolute Gasteiger partial charge is 0.0427 e. The van der Waals surface area contributed by atoms with E-state index in [2.05, 4.69) is 40.1 Å². The van der Waals surface area contributed by atoms with Gasteiger partial charge < -0.3 is 9.80 Å². The van der Waals surface area contributed by atoms with E-state index in [-0.39, 0.29) is 0 Å². The van der Waals surface area contributed by atoms with Gasteiger partial charge in [0, 0.05) is 36.9 Å². The van der Waals surface area contributed by atoms with Crippen LogP contribution in [0.3, 0.4) is 0 Å². The molecule has 0 aromatic heterocycles. The maximum absolute atomic E-state index is 2.88. The molecule has 144 valence electrons. The van der Waals surface area contributed by atoms with Gasteiger partial charge >= 0.3 is 0 Å². The molecule has 2 heterocycles. The zero-order valence-corrected chi connectivity index (χ0v) is 16.7. The number of piperidine rings is 1.